The highest BCUT2D eigenvalue weighted by Gasteiger charge is 2.18. The average Bonchev–Trinajstić information content (AvgIpc) is 2.84. The van der Waals surface area contributed by atoms with Crippen LogP contribution in [0.25, 0.3) is 11.1 Å². The zero-order valence-electron chi connectivity index (χ0n) is 17.1. The van der Waals surface area contributed by atoms with Crippen molar-refractivity contribution in [3.05, 3.63) is 120 Å². The second-order valence-corrected chi connectivity index (χ2v) is 7.29. The van der Waals surface area contributed by atoms with Crippen molar-refractivity contribution in [2.45, 2.75) is 12.3 Å². The Morgan fingerprint density at radius 2 is 1.58 bits per heavy atom. The fourth-order valence-electron chi connectivity index (χ4n) is 3.75. The van der Waals surface area contributed by atoms with E-state index in [1.807, 2.05) is 54.9 Å². The third-order valence-electron chi connectivity index (χ3n) is 5.35. The molecule has 4 nitrogen and oxygen atoms in total. The van der Waals surface area contributed by atoms with E-state index in [1.54, 1.807) is 37.6 Å². The van der Waals surface area contributed by atoms with Crippen LogP contribution in [0, 0.1) is 5.82 Å². The lowest BCUT2D eigenvalue weighted by atomic mass is 9.85. The number of aromatic nitrogens is 2. The van der Waals surface area contributed by atoms with Crippen LogP contribution in [0.2, 0.25) is 0 Å². The van der Waals surface area contributed by atoms with Crippen LogP contribution in [0.15, 0.2) is 91.5 Å². The predicted molar refractivity (Wildman–Crippen MR) is 119 cm³/mol. The quantitative estimate of drug-likeness (QED) is 0.485. The van der Waals surface area contributed by atoms with E-state index in [-0.39, 0.29) is 17.6 Å². The molecule has 2 aromatic heterocycles. The van der Waals surface area contributed by atoms with Crippen molar-refractivity contribution in [2.24, 2.45) is 0 Å². The van der Waals surface area contributed by atoms with Crippen LogP contribution >= 0.6 is 0 Å². The molecule has 2 heterocycles. The van der Waals surface area contributed by atoms with Gasteiger partial charge in [0.15, 0.2) is 0 Å². The lowest BCUT2D eigenvalue weighted by Gasteiger charge is -2.20. The molecule has 0 aliphatic carbocycles. The summed E-state index contributed by atoms with van der Waals surface area (Å²) in [6, 6.07) is 20.0. The Hall–Kier alpha value is -3.86. The van der Waals surface area contributed by atoms with E-state index in [0.29, 0.717) is 12.0 Å². The first-order valence-corrected chi connectivity index (χ1v) is 10.1. The molecule has 0 saturated heterocycles. The molecule has 0 unspecified atom stereocenters. The van der Waals surface area contributed by atoms with Crippen molar-refractivity contribution >= 4 is 5.91 Å². The molecule has 0 bridgehead atoms. The number of amides is 1. The summed E-state index contributed by atoms with van der Waals surface area (Å²) >= 11 is 0. The number of halogens is 1. The van der Waals surface area contributed by atoms with Gasteiger partial charge in [-0.15, -0.1) is 0 Å². The second-order valence-electron chi connectivity index (χ2n) is 7.29. The normalized spacial score (nSPS) is 10.8. The number of benzene rings is 2. The minimum absolute atomic E-state index is 0.0248. The van der Waals surface area contributed by atoms with Crippen molar-refractivity contribution < 1.29 is 9.18 Å². The minimum atomic E-state index is -0.298. The Morgan fingerprint density at radius 3 is 2.13 bits per heavy atom. The number of hydrogen-bond donors (Lipinski definition) is 1. The van der Waals surface area contributed by atoms with Crippen LogP contribution in [0.4, 0.5) is 4.39 Å². The van der Waals surface area contributed by atoms with Gasteiger partial charge in [-0.25, -0.2) is 4.39 Å². The van der Waals surface area contributed by atoms with Crippen LogP contribution in [0.3, 0.4) is 0 Å². The van der Waals surface area contributed by atoms with Crippen LogP contribution < -0.4 is 5.32 Å². The SMILES string of the molecule is CNC(=O)c1ccc(-c2cc(F)ccc2CC(c2cccnc2)c2cccnc2)cc1. The van der Waals surface area contributed by atoms with E-state index in [2.05, 4.69) is 15.3 Å². The first-order valence-electron chi connectivity index (χ1n) is 10.1. The maximum absolute atomic E-state index is 14.2. The van der Waals surface area contributed by atoms with E-state index in [9.17, 15) is 9.18 Å². The topological polar surface area (TPSA) is 54.9 Å². The summed E-state index contributed by atoms with van der Waals surface area (Å²) in [4.78, 5) is 20.4. The molecule has 2 aromatic carbocycles. The third kappa shape index (κ3) is 4.67. The molecule has 0 radical (unpaired) electrons. The monoisotopic (exact) mass is 411 g/mol. The molecule has 154 valence electrons. The Balaban J connectivity index is 1.74. The molecular weight excluding hydrogens is 389 g/mol. The third-order valence-corrected chi connectivity index (χ3v) is 5.35. The van der Waals surface area contributed by atoms with Gasteiger partial charge >= 0.3 is 0 Å². The summed E-state index contributed by atoms with van der Waals surface area (Å²) in [7, 11) is 1.60. The predicted octanol–water partition coefficient (Wildman–Crippen LogP) is 5.02. The van der Waals surface area contributed by atoms with Gasteiger partial charge < -0.3 is 5.32 Å². The van der Waals surface area contributed by atoms with Gasteiger partial charge in [-0.2, -0.15) is 0 Å². The number of nitrogens with one attached hydrogen (secondary N) is 1. The van der Waals surface area contributed by atoms with Gasteiger partial charge in [0, 0.05) is 43.3 Å². The molecule has 0 aliphatic heterocycles. The maximum Gasteiger partial charge on any atom is 0.251 e. The molecule has 4 rings (SSSR count). The summed E-state index contributed by atoms with van der Waals surface area (Å²) in [6.07, 6.45) is 7.88. The molecule has 0 saturated carbocycles. The molecule has 0 fully saturated rings. The van der Waals surface area contributed by atoms with Gasteiger partial charge in [0.2, 0.25) is 0 Å². The van der Waals surface area contributed by atoms with Crippen LogP contribution in [-0.2, 0) is 6.42 Å². The van der Waals surface area contributed by atoms with Crippen LogP contribution in [0.1, 0.15) is 33.0 Å². The van der Waals surface area contributed by atoms with Gasteiger partial charge in [-0.1, -0.05) is 30.3 Å². The number of carbonyl (C=O) groups is 1. The standard InChI is InChI=1S/C26H22FN3O/c1-28-26(31)19-8-6-18(7-9-19)25-15-23(27)11-10-20(25)14-24(21-4-2-12-29-16-21)22-5-3-13-30-17-22/h2-13,15-17,24H,14H2,1H3,(H,28,31). The average molecular weight is 411 g/mol. The van der Waals surface area contributed by atoms with Gasteiger partial charge in [-0.3, -0.25) is 14.8 Å². The molecule has 0 spiro atoms. The maximum atomic E-state index is 14.2. The van der Waals surface area contributed by atoms with Crippen molar-refractivity contribution in [3.8, 4) is 11.1 Å². The van der Waals surface area contributed by atoms with Crippen molar-refractivity contribution in [2.75, 3.05) is 7.05 Å². The van der Waals surface area contributed by atoms with E-state index in [0.717, 1.165) is 27.8 Å². The molecule has 0 aliphatic rings. The zero-order chi connectivity index (χ0) is 21.6. The first kappa shape index (κ1) is 20.4. The Kier molecular flexibility index (Phi) is 6.13. The molecule has 0 atom stereocenters. The van der Waals surface area contributed by atoms with E-state index >= 15 is 0 Å². The largest absolute Gasteiger partial charge is 0.355 e. The van der Waals surface area contributed by atoms with E-state index in [1.165, 1.54) is 6.07 Å². The fourth-order valence-corrected chi connectivity index (χ4v) is 3.75. The highest BCUT2D eigenvalue weighted by atomic mass is 19.1. The molecule has 1 N–H and O–H groups in total. The first-order chi connectivity index (χ1) is 15.2. The summed E-state index contributed by atoms with van der Waals surface area (Å²) < 4.78 is 14.2. The Morgan fingerprint density at radius 1 is 0.935 bits per heavy atom. The van der Waals surface area contributed by atoms with Gasteiger partial charge in [0.05, 0.1) is 0 Å². The number of pyridine rings is 2. The zero-order valence-corrected chi connectivity index (χ0v) is 17.1. The number of rotatable bonds is 6. The summed E-state index contributed by atoms with van der Waals surface area (Å²) in [5.74, 6) is -0.426. The summed E-state index contributed by atoms with van der Waals surface area (Å²) in [6.45, 7) is 0. The fraction of sp³-hybridized carbons (Fsp3) is 0.115. The number of carbonyl (C=O) groups excluding carboxylic acids is 1. The summed E-state index contributed by atoms with van der Waals surface area (Å²) in [5, 5.41) is 2.61. The summed E-state index contributed by atoms with van der Waals surface area (Å²) in [5.41, 5.74) is 5.38. The van der Waals surface area contributed by atoms with Gasteiger partial charge in [-0.05, 0) is 70.6 Å². The second kappa shape index (κ2) is 9.30. The molecule has 1 amide bonds. The molecule has 5 heteroatoms. The smallest absolute Gasteiger partial charge is 0.251 e. The molecule has 31 heavy (non-hydrogen) atoms. The number of hydrogen-bond acceptors (Lipinski definition) is 3. The van der Waals surface area contributed by atoms with E-state index < -0.39 is 0 Å². The van der Waals surface area contributed by atoms with Gasteiger partial charge in [0.1, 0.15) is 5.82 Å². The lowest BCUT2D eigenvalue weighted by Crippen LogP contribution is -2.17. The van der Waals surface area contributed by atoms with Crippen LogP contribution in [-0.4, -0.2) is 22.9 Å². The van der Waals surface area contributed by atoms with Crippen molar-refractivity contribution in [1.29, 1.82) is 0 Å². The minimum Gasteiger partial charge on any atom is -0.355 e. The lowest BCUT2D eigenvalue weighted by molar-refractivity contribution is 0.0963. The molecule has 4 aromatic rings. The van der Waals surface area contributed by atoms with Gasteiger partial charge in [0.25, 0.3) is 5.91 Å². The van der Waals surface area contributed by atoms with Crippen LogP contribution in [0.5, 0.6) is 0 Å². The Bertz CT molecular complexity index is 1120. The highest BCUT2D eigenvalue weighted by molar-refractivity contribution is 5.94. The van der Waals surface area contributed by atoms with Crippen molar-refractivity contribution in [1.82, 2.24) is 15.3 Å². The highest BCUT2D eigenvalue weighted by Crippen LogP contribution is 2.33. The molecular formula is C26H22FN3O. The van der Waals surface area contributed by atoms with E-state index in [4.69, 9.17) is 0 Å². The number of nitrogens with zero attached hydrogens (tertiary/aromatic N) is 2. The Labute approximate surface area is 180 Å². The van der Waals surface area contributed by atoms with Crippen molar-refractivity contribution in [3.63, 3.8) is 0 Å².